The fourth-order valence-corrected chi connectivity index (χ4v) is 3.01. The highest BCUT2D eigenvalue weighted by atomic mass is 16.6. The predicted octanol–water partition coefficient (Wildman–Crippen LogP) is 3.57. The normalized spacial score (nSPS) is 14.6. The summed E-state index contributed by atoms with van der Waals surface area (Å²) in [5.74, 6) is 0.674. The highest BCUT2D eigenvalue weighted by molar-refractivity contribution is 5.99. The maximum atomic E-state index is 13.2. The fourth-order valence-electron chi connectivity index (χ4n) is 3.01. The molecule has 8 heteroatoms. The average Bonchev–Trinajstić information content (AvgIpc) is 3.31. The van der Waals surface area contributed by atoms with Crippen molar-refractivity contribution in [3.05, 3.63) is 52.0 Å². The Balaban J connectivity index is 2.05. The summed E-state index contributed by atoms with van der Waals surface area (Å²) in [7, 11) is 2.81. The largest absolute Gasteiger partial charge is 0.493 e. The fraction of sp³-hybridized carbons (Fsp3) is 0.389. The minimum Gasteiger partial charge on any atom is -0.493 e. The Hall–Kier alpha value is -3.03. The van der Waals surface area contributed by atoms with Crippen LogP contribution in [-0.2, 0) is 0 Å². The molecule has 1 aromatic carbocycles. The van der Waals surface area contributed by atoms with Gasteiger partial charge in [-0.2, -0.15) is 0 Å². The SMILES string of the molecule is COc1cc(C(=O)N(C2CC2)C(C)c2ccco2)c([N+](=O)[O-])cc1OC. The Morgan fingerprint density at radius 3 is 2.46 bits per heavy atom. The van der Waals surface area contributed by atoms with Crippen molar-refractivity contribution in [3.8, 4) is 11.5 Å². The van der Waals surface area contributed by atoms with Crippen LogP contribution < -0.4 is 9.47 Å². The molecule has 0 saturated heterocycles. The zero-order valence-corrected chi connectivity index (χ0v) is 14.8. The van der Waals surface area contributed by atoms with E-state index in [9.17, 15) is 14.9 Å². The molecule has 1 aliphatic carbocycles. The Morgan fingerprint density at radius 2 is 1.96 bits per heavy atom. The lowest BCUT2D eigenvalue weighted by Gasteiger charge is -2.28. The molecule has 1 amide bonds. The number of hydrogen-bond donors (Lipinski definition) is 0. The van der Waals surface area contributed by atoms with Gasteiger partial charge in [-0.25, -0.2) is 0 Å². The summed E-state index contributed by atoms with van der Waals surface area (Å²) >= 11 is 0. The van der Waals surface area contributed by atoms with E-state index in [4.69, 9.17) is 13.9 Å². The molecule has 0 bridgehead atoms. The quantitative estimate of drug-likeness (QED) is 0.553. The number of amides is 1. The maximum Gasteiger partial charge on any atom is 0.286 e. The lowest BCUT2D eigenvalue weighted by Crippen LogP contribution is -2.35. The summed E-state index contributed by atoms with van der Waals surface area (Å²) in [5, 5.41) is 11.5. The molecule has 1 fully saturated rings. The molecule has 0 N–H and O–H groups in total. The Labute approximate surface area is 150 Å². The van der Waals surface area contributed by atoms with E-state index in [1.54, 1.807) is 23.3 Å². The number of rotatable bonds is 7. The van der Waals surface area contributed by atoms with Crippen molar-refractivity contribution >= 4 is 11.6 Å². The van der Waals surface area contributed by atoms with Gasteiger partial charge in [0.25, 0.3) is 11.6 Å². The molecule has 0 spiro atoms. The molecule has 1 aliphatic rings. The molecule has 1 atom stereocenters. The predicted molar refractivity (Wildman–Crippen MR) is 92.5 cm³/mol. The highest BCUT2D eigenvalue weighted by Crippen LogP contribution is 2.40. The minimum atomic E-state index is -0.585. The van der Waals surface area contributed by atoms with Crippen molar-refractivity contribution in [2.24, 2.45) is 0 Å². The van der Waals surface area contributed by atoms with Gasteiger partial charge >= 0.3 is 0 Å². The summed E-state index contributed by atoms with van der Waals surface area (Å²) in [4.78, 5) is 25.8. The number of hydrogen-bond acceptors (Lipinski definition) is 6. The third kappa shape index (κ3) is 3.22. The van der Waals surface area contributed by atoms with Crippen LogP contribution >= 0.6 is 0 Å². The van der Waals surface area contributed by atoms with E-state index >= 15 is 0 Å². The molecule has 8 nitrogen and oxygen atoms in total. The zero-order valence-electron chi connectivity index (χ0n) is 14.8. The van der Waals surface area contributed by atoms with Gasteiger partial charge < -0.3 is 18.8 Å². The van der Waals surface area contributed by atoms with Crippen molar-refractivity contribution in [2.75, 3.05) is 14.2 Å². The first-order valence-electron chi connectivity index (χ1n) is 8.24. The lowest BCUT2D eigenvalue weighted by molar-refractivity contribution is -0.385. The van der Waals surface area contributed by atoms with Crippen molar-refractivity contribution in [2.45, 2.75) is 31.8 Å². The third-order valence-corrected chi connectivity index (χ3v) is 4.48. The number of carbonyl (C=O) groups excluding carboxylic acids is 1. The average molecular weight is 360 g/mol. The summed E-state index contributed by atoms with van der Waals surface area (Å²) in [6, 6.07) is 5.82. The van der Waals surface area contributed by atoms with Gasteiger partial charge in [0.15, 0.2) is 11.5 Å². The summed E-state index contributed by atoms with van der Waals surface area (Å²) < 4.78 is 15.8. The molecule has 3 rings (SSSR count). The van der Waals surface area contributed by atoms with Crippen molar-refractivity contribution < 1.29 is 23.6 Å². The van der Waals surface area contributed by atoms with E-state index in [1.165, 1.54) is 26.4 Å². The van der Waals surface area contributed by atoms with Crippen molar-refractivity contribution in [3.63, 3.8) is 0 Å². The van der Waals surface area contributed by atoms with E-state index in [2.05, 4.69) is 0 Å². The van der Waals surface area contributed by atoms with E-state index < -0.39 is 10.8 Å². The second kappa shape index (κ2) is 7.07. The zero-order chi connectivity index (χ0) is 18.8. The number of benzene rings is 1. The number of carbonyl (C=O) groups is 1. The van der Waals surface area contributed by atoms with Gasteiger partial charge in [-0.05, 0) is 31.9 Å². The molecule has 2 aromatic rings. The van der Waals surface area contributed by atoms with Gasteiger partial charge in [0.2, 0.25) is 0 Å². The summed E-state index contributed by atoms with van der Waals surface area (Å²) in [6.45, 7) is 1.85. The second-order valence-electron chi connectivity index (χ2n) is 6.12. The lowest BCUT2D eigenvalue weighted by atomic mass is 10.1. The Bertz CT molecular complexity index is 813. The van der Waals surface area contributed by atoms with Gasteiger partial charge in [0.05, 0.1) is 37.5 Å². The number of nitrogens with zero attached hydrogens (tertiary/aromatic N) is 2. The van der Waals surface area contributed by atoms with Gasteiger partial charge in [-0.15, -0.1) is 0 Å². The molecule has 0 radical (unpaired) electrons. The van der Waals surface area contributed by atoms with E-state index in [1.807, 2.05) is 6.92 Å². The van der Waals surface area contributed by atoms with Crippen LogP contribution in [0, 0.1) is 10.1 Å². The molecular weight excluding hydrogens is 340 g/mol. The van der Waals surface area contributed by atoms with Crippen LogP contribution in [0.2, 0.25) is 0 Å². The van der Waals surface area contributed by atoms with Crippen molar-refractivity contribution in [1.82, 2.24) is 4.90 Å². The first-order valence-corrected chi connectivity index (χ1v) is 8.24. The number of nitro benzene ring substituents is 1. The van der Waals surface area contributed by atoms with E-state index in [-0.39, 0.29) is 34.8 Å². The van der Waals surface area contributed by atoms with Gasteiger partial charge in [-0.1, -0.05) is 0 Å². The van der Waals surface area contributed by atoms with Crippen LogP contribution in [0.4, 0.5) is 5.69 Å². The van der Waals surface area contributed by atoms with Gasteiger partial charge in [0, 0.05) is 12.1 Å². The molecular formula is C18H20N2O6. The first-order chi connectivity index (χ1) is 12.5. The topological polar surface area (TPSA) is 95.0 Å². The standard InChI is InChI=1S/C18H20N2O6/c1-11(15-5-4-8-26-15)19(12-6-7-12)18(21)13-9-16(24-2)17(25-3)10-14(13)20(22)23/h4-5,8-12H,6-7H2,1-3H3. The van der Waals surface area contributed by atoms with Gasteiger partial charge in [0.1, 0.15) is 11.3 Å². The highest BCUT2D eigenvalue weighted by Gasteiger charge is 2.40. The first kappa shape index (κ1) is 17.8. The van der Waals surface area contributed by atoms with E-state index in [0.29, 0.717) is 5.76 Å². The molecule has 1 aromatic heterocycles. The van der Waals surface area contributed by atoms with Crippen LogP contribution in [0.15, 0.2) is 34.9 Å². The number of nitro groups is 1. The summed E-state index contributed by atoms with van der Waals surface area (Å²) in [6.07, 6.45) is 3.26. The Kier molecular flexibility index (Phi) is 4.83. The number of methoxy groups -OCH3 is 2. The maximum absolute atomic E-state index is 13.2. The van der Waals surface area contributed by atoms with E-state index in [0.717, 1.165) is 12.8 Å². The number of furan rings is 1. The molecule has 1 unspecified atom stereocenters. The van der Waals surface area contributed by atoms with Crippen LogP contribution in [-0.4, -0.2) is 36.0 Å². The van der Waals surface area contributed by atoms with Crippen LogP contribution in [0.3, 0.4) is 0 Å². The smallest absolute Gasteiger partial charge is 0.286 e. The van der Waals surface area contributed by atoms with Crippen LogP contribution in [0.1, 0.15) is 41.9 Å². The summed E-state index contributed by atoms with van der Waals surface area (Å²) in [5.41, 5.74) is -0.345. The Morgan fingerprint density at radius 1 is 1.31 bits per heavy atom. The second-order valence-corrected chi connectivity index (χ2v) is 6.12. The third-order valence-electron chi connectivity index (χ3n) is 4.48. The molecule has 138 valence electrons. The van der Waals surface area contributed by atoms with Crippen molar-refractivity contribution in [1.29, 1.82) is 0 Å². The molecule has 26 heavy (non-hydrogen) atoms. The molecule has 1 heterocycles. The van der Waals surface area contributed by atoms with Gasteiger partial charge in [-0.3, -0.25) is 14.9 Å². The minimum absolute atomic E-state index is 0.0297. The molecule has 1 saturated carbocycles. The monoisotopic (exact) mass is 360 g/mol. The van der Waals surface area contributed by atoms with Crippen LogP contribution in [0.5, 0.6) is 11.5 Å². The van der Waals surface area contributed by atoms with Crippen LogP contribution in [0.25, 0.3) is 0 Å². The molecule has 0 aliphatic heterocycles. The number of ether oxygens (including phenoxy) is 2.